The second kappa shape index (κ2) is 3.35. The first kappa shape index (κ1) is 7.26. The van der Waals surface area contributed by atoms with Gasteiger partial charge in [0.1, 0.15) is 6.54 Å². The van der Waals surface area contributed by atoms with E-state index in [1.807, 2.05) is 0 Å². The van der Waals surface area contributed by atoms with E-state index in [0.717, 1.165) is 6.54 Å². The van der Waals surface area contributed by atoms with Crippen molar-refractivity contribution in [3.8, 4) is 0 Å². The van der Waals surface area contributed by atoms with E-state index >= 15 is 0 Å². The van der Waals surface area contributed by atoms with Gasteiger partial charge in [0, 0.05) is 18.1 Å². The van der Waals surface area contributed by atoms with Crippen LogP contribution in [0.1, 0.15) is 18.9 Å². The van der Waals surface area contributed by atoms with E-state index in [2.05, 4.69) is 42.9 Å². The van der Waals surface area contributed by atoms with Gasteiger partial charge in [0.15, 0.2) is 12.4 Å². The standard InChI is InChI=1S/C9H14N/c1-3-6-10-7-4-5-9(2)8-10/h4-5,7-8H,3,6H2,1-2H3/q+1. The molecule has 0 aliphatic carbocycles. The average molecular weight is 136 g/mol. The van der Waals surface area contributed by atoms with Crippen LogP contribution in [0.15, 0.2) is 24.5 Å². The Morgan fingerprint density at radius 3 is 2.90 bits per heavy atom. The maximum Gasteiger partial charge on any atom is 0.171 e. The first-order chi connectivity index (χ1) is 4.83. The molecular formula is C9H14N+. The molecule has 54 valence electrons. The van der Waals surface area contributed by atoms with E-state index in [1.54, 1.807) is 0 Å². The summed E-state index contributed by atoms with van der Waals surface area (Å²) in [7, 11) is 0. The Bertz CT molecular complexity index is 206. The van der Waals surface area contributed by atoms with Crippen molar-refractivity contribution in [3.63, 3.8) is 0 Å². The number of nitrogens with zero attached hydrogens (tertiary/aromatic N) is 1. The topological polar surface area (TPSA) is 3.88 Å². The zero-order valence-corrected chi connectivity index (χ0v) is 6.67. The lowest BCUT2D eigenvalue weighted by atomic mass is 10.3. The van der Waals surface area contributed by atoms with E-state index in [9.17, 15) is 0 Å². The molecule has 0 fully saturated rings. The predicted octanol–water partition coefficient (Wildman–Crippen LogP) is 1.69. The summed E-state index contributed by atoms with van der Waals surface area (Å²) >= 11 is 0. The third-order valence-electron chi connectivity index (χ3n) is 1.49. The summed E-state index contributed by atoms with van der Waals surface area (Å²) in [5.41, 5.74) is 1.33. The van der Waals surface area contributed by atoms with Crippen LogP contribution in [0.5, 0.6) is 0 Å². The highest BCUT2D eigenvalue weighted by Gasteiger charge is 1.95. The molecule has 0 N–H and O–H groups in total. The number of pyridine rings is 1. The van der Waals surface area contributed by atoms with Gasteiger partial charge in [-0.15, -0.1) is 0 Å². The quantitative estimate of drug-likeness (QED) is 0.545. The van der Waals surface area contributed by atoms with Gasteiger partial charge in [-0.2, -0.15) is 0 Å². The lowest BCUT2D eigenvalue weighted by molar-refractivity contribution is -0.697. The Labute approximate surface area is 62.3 Å². The highest BCUT2D eigenvalue weighted by atomic mass is 14.9. The predicted molar refractivity (Wildman–Crippen MR) is 41.7 cm³/mol. The molecule has 0 bridgehead atoms. The fraction of sp³-hybridized carbons (Fsp3) is 0.444. The summed E-state index contributed by atoms with van der Waals surface area (Å²) in [6, 6.07) is 4.21. The van der Waals surface area contributed by atoms with Gasteiger partial charge in [0.25, 0.3) is 0 Å². The molecule has 1 heteroatoms. The molecule has 0 aliphatic rings. The van der Waals surface area contributed by atoms with Crippen molar-refractivity contribution >= 4 is 0 Å². The third-order valence-corrected chi connectivity index (χ3v) is 1.49. The Balaban J connectivity index is 2.75. The van der Waals surface area contributed by atoms with E-state index in [4.69, 9.17) is 0 Å². The van der Waals surface area contributed by atoms with Crippen LogP contribution in [0.2, 0.25) is 0 Å². The Morgan fingerprint density at radius 1 is 1.50 bits per heavy atom. The van der Waals surface area contributed by atoms with Crippen molar-refractivity contribution in [2.45, 2.75) is 26.8 Å². The largest absolute Gasteiger partial charge is 0.205 e. The van der Waals surface area contributed by atoms with E-state index in [-0.39, 0.29) is 0 Å². The first-order valence-electron chi connectivity index (χ1n) is 3.78. The summed E-state index contributed by atoms with van der Waals surface area (Å²) in [4.78, 5) is 0. The highest BCUT2D eigenvalue weighted by Crippen LogP contribution is 1.89. The minimum atomic E-state index is 1.13. The average Bonchev–Trinajstić information content (AvgIpc) is 1.88. The molecule has 1 aromatic heterocycles. The summed E-state index contributed by atoms with van der Waals surface area (Å²) in [6.45, 7) is 5.43. The van der Waals surface area contributed by atoms with Crippen LogP contribution in [-0.2, 0) is 6.54 Å². The SMILES string of the molecule is CCC[n+]1cccc(C)c1. The minimum absolute atomic E-state index is 1.13. The molecule has 0 spiro atoms. The summed E-state index contributed by atoms with van der Waals surface area (Å²) in [5, 5.41) is 0. The molecule has 1 rings (SSSR count). The second-order valence-corrected chi connectivity index (χ2v) is 2.62. The van der Waals surface area contributed by atoms with Gasteiger partial charge in [-0.1, -0.05) is 6.92 Å². The maximum absolute atomic E-state index is 2.22. The number of aromatic nitrogens is 1. The third kappa shape index (κ3) is 1.83. The monoisotopic (exact) mass is 136 g/mol. The number of rotatable bonds is 2. The van der Waals surface area contributed by atoms with Gasteiger partial charge in [0.2, 0.25) is 0 Å². The molecule has 1 nitrogen and oxygen atoms in total. The van der Waals surface area contributed by atoms with E-state index < -0.39 is 0 Å². The van der Waals surface area contributed by atoms with Crippen LogP contribution in [0, 0.1) is 6.92 Å². The molecule has 10 heavy (non-hydrogen) atoms. The van der Waals surface area contributed by atoms with E-state index in [0.29, 0.717) is 0 Å². The Kier molecular flexibility index (Phi) is 2.43. The van der Waals surface area contributed by atoms with Gasteiger partial charge in [-0.25, -0.2) is 4.57 Å². The second-order valence-electron chi connectivity index (χ2n) is 2.62. The number of hydrogen-bond donors (Lipinski definition) is 0. The molecule has 0 saturated heterocycles. The van der Waals surface area contributed by atoms with Crippen LogP contribution >= 0.6 is 0 Å². The van der Waals surface area contributed by atoms with Gasteiger partial charge < -0.3 is 0 Å². The zero-order valence-electron chi connectivity index (χ0n) is 6.67. The minimum Gasteiger partial charge on any atom is -0.205 e. The maximum atomic E-state index is 2.22. The number of hydrogen-bond acceptors (Lipinski definition) is 0. The molecule has 0 unspecified atom stereocenters. The molecule has 0 saturated carbocycles. The highest BCUT2D eigenvalue weighted by molar-refractivity contribution is 5.01. The first-order valence-corrected chi connectivity index (χ1v) is 3.78. The molecule has 1 heterocycles. The molecular weight excluding hydrogens is 122 g/mol. The van der Waals surface area contributed by atoms with Gasteiger partial charge in [-0.3, -0.25) is 0 Å². The molecule has 0 aromatic carbocycles. The molecule has 0 amide bonds. The summed E-state index contributed by atoms with van der Waals surface area (Å²) in [5.74, 6) is 0. The molecule has 0 aliphatic heterocycles. The van der Waals surface area contributed by atoms with Crippen molar-refractivity contribution in [2.24, 2.45) is 0 Å². The summed E-state index contributed by atoms with van der Waals surface area (Å²) in [6.07, 6.45) is 5.48. The van der Waals surface area contributed by atoms with Crippen molar-refractivity contribution in [1.82, 2.24) is 0 Å². The molecule has 1 aromatic rings. The van der Waals surface area contributed by atoms with Gasteiger partial charge >= 0.3 is 0 Å². The van der Waals surface area contributed by atoms with Crippen molar-refractivity contribution in [2.75, 3.05) is 0 Å². The van der Waals surface area contributed by atoms with Crippen molar-refractivity contribution in [1.29, 1.82) is 0 Å². The van der Waals surface area contributed by atoms with E-state index in [1.165, 1.54) is 12.0 Å². The van der Waals surface area contributed by atoms with Crippen molar-refractivity contribution in [3.05, 3.63) is 30.1 Å². The lowest BCUT2D eigenvalue weighted by Crippen LogP contribution is -2.32. The van der Waals surface area contributed by atoms with Gasteiger partial charge in [-0.05, 0) is 13.0 Å². The Hall–Kier alpha value is -0.850. The number of aryl methyl sites for hydroxylation is 2. The lowest BCUT2D eigenvalue weighted by Gasteiger charge is -1.92. The Morgan fingerprint density at radius 2 is 2.30 bits per heavy atom. The van der Waals surface area contributed by atoms with Crippen LogP contribution in [0.25, 0.3) is 0 Å². The zero-order chi connectivity index (χ0) is 7.40. The van der Waals surface area contributed by atoms with Crippen LogP contribution in [-0.4, -0.2) is 0 Å². The van der Waals surface area contributed by atoms with Gasteiger partial charge in [0.05, 0.1) is 0 Å². The summed E-state index contributed by atoms with van der Waals surface area (Å²) < 4.78 is 2.22. The smallest absolute Gasteiger partial charge is 0.171 e. The van der Waals surface area contributed by atoms with Crippen LogP contribution < -0.4 is 4.57 Å². The normalized spacial score (nSPS) is 9.80. The molecule has 0 radical (unpaired) electrons. The van der Waals surface area contributed by atoms with Crippen LogP contribution in [0.3, 0.4) is 0 Å². The molecule has 0 atom stereocenters. The van der Waals surface area contributed by atoms with Crippen LogP contribution in [0.4, 0.5) is 0 Å². The van der Waals surface area contributed by atoms with Crippen molar-refractivity contribution < 1.29 is 4.57 Å². The fourth-order valence-electron chi connectivity index (χ4n) is 1.05. The fourth-order valence-corrected chi connectivity index (χ4v) is 1.05.